The minimum absolute atomic E-state index is 0.511. The summed E-state index contributed by atoms with van der Waals surface area (Å²) in [6.45, 7) is 0. The van der Waals surface area contributed by atoms with Gasteiger partial charge >= 0.3 is 0 Å². The number of hydrogen-bond acceptors (Lipinski definition) is 3. The molecule has 0 aliphatic carbocycles. The minimum Gasteiger partial charge on any atom is -0.304 e. The first kappa shape index (κ1) is 17.4. The highest BCUT2D eigenvalue weighted by Crippen LogP contribution is 2.42. The van der Waals surface area contributed by atoms with Gasteiger partial charge in [-0.05, 0) is 17.7 Å². The van der Waals surface area contributed by atoms with Crippen molar-refractivity contribution < 1.29 is 0 Å². The quantitative estimate of drug-likeness (QED) is 0.327. The van der Waals surface area contributed by atoms with E-state index in [1.54, 1.807) is 0 Å². The Morgan fingerprint density at radius 2 is 1.43 bits per heavy atom. The molecule has 0 spiro atoms. The van der Waals surface area contributed by atoms with Crippen LogP contribution < -0.4 is 5.73 Å². The summed E-state index contributed by atoms with van der Waals surface area (Å²) in [6.07, 6.45) is 1.35. The largest absolute Gasteiger partial charge is 0.304 e. The van der Waals surface area contributed by atoms with Crippen molar-refractivity contribution in [3.8, 4) is 0 Å². The second-order valence-electron chi connectivity index (χ2n) is 7.43. The smallest absolute Gasteiger partial charge is 0.177 e. The summed E-state index contributed by atoms with van der Waals surface area (Å²) in [7, 11) is 0. The summed E-state index contributed by atoms with van der Waals surface area (Å²) in [5, 5.41) is 4.98. The van der Waals surface area contributed by atoms with Gasteiger partial charge in [-0.1, -0.05) is 78.9 Å². The van der Waals surface area contributed by atoms with Crippen molar-refractivity contribution in [3.63, 3.8) is 0 Å². The van der Waals surface area contributed by atoms with E-state index >= 15 is 0 Å². The normalized spacial score (nSPS) is 13.2. The number of aliphatic imine (C=N–C) groups is 1. The summed E-state index contributed by atoms with van der Waals surface area (Å²) in [5.74, 6) is 0. The molecule has 0 radical (unpaired) electrons. The number of aromatic nitrogens is 1. The van der Waals surface area contributed by atoms with Gasteiger partial charge in [-0.25, -0.2) is 0 Å². The van der Waals surface area contributed by atoms with Gasteiger partial charge in [0.05, 0.1) is 15.7 Å². The van der Waals surface area contributed by atoms with Crippen LogP contribution in [0.1, 0.15) is 11.9 Å². The fourth-order valence-electron chi connectivity index (χ4n) is 4.31. The maximum absolute atomic E-state index is 6.67. The second kappa shape index (κ2) is 6.80. The Bertz CT molecular complexity index is 1560. The van der Waals surface area contributed by atoms with Gasteiger partial charge in [0.15, 0.2) is 6.29 Å². The van der Waals surface area contributed by atoms with Gasteiger partial charge in [0.2, 0.25) is 0 Å². The molecule has 2 heterocycles. The number of nitrogens with zero attached hydrogens (tertiary/aromatic N) is 2. The standard InChI is InChI=1S/C26H19N3S/c27-26(28-16-17-8-2-1-3-9-17)29-22-12-6-4-10-18(22)20-14-15-21-19-11-5-7-13-23(19)30-25(21)24(20)29/h1-16,26H,27H2/b28-16+. The first-order valence-corrected chi connectivity index (χ1v) is 10.8. The molecular weight excluding hydrogens is 386 g/mol. The van der Waals surface area contributed by atoms with Crippen LogP contribution in [0.25, 0.3) is 42.0 Å². The molecule has 1 atom stereocenters. The number of fused-ring (bicyclic) bond motifs is 7. The maximum Gasteiger partial charge on any atom is 0.177 e. The summed E-state index contributed by atoms with van der Waals surface area (Å²) < 4.78 is 4.73. The zero-order valence-electron chi connectivity index (χ0n) is 16.2. The molecular formula is C26H19N3S. The van der Waals surface area contributed by atoms with E-state index in [1.165, 1.54) is 30.9 Å². The van der Waals surface area contributed by atoms with Crippen LogP contribution in [0.5, 0.6) is 0 Å². The lowest BCUT2D eigenvalue weighted by atomic mass is 10.1. The number of nitrogens with two attached hydrogens (primary N) is 1. The average Bonchev–Trinajstić information content (AvgIpc) is 3.34. The third kappa shape index (κ3) is 2.58. The van der Waals surface area contributed by atoms with Gasteiger partial charge in [-0.3, -0.25) is 10.7 Å². The number of benzene rings is 4. The van der Waals surface area contributed by atoms with Gasteiger partial charge in [0, 0.05) is 32.5 Å². The van der Waals surface area contributed by atoms with Crippen molar-refractivity contribution in [3.05, 3.63) is 96.6 Å². The zero-order chi connectivity index (χ0) is 20.1. The SMILES string of the molecule is NC(/N=C/c1ccccc1)n1c2ccccc2c2ccc3c4ccccc4sc3c21. The predicted octanol–water partition coefficient (Wildman–Crippen LogP) is 6.70. The molecule has 6 aromatic rings. The topological polar surface area (TPSA) is 43.3 Å². The van der Waals surface area contributed by atoms with E-state index in [4.69, 9.17) is 10.7 Å². The maximum atomic E-state index is 6.67. The van der Waals surface area contributed by atoms with Crippen LogP contribution in [0.15, 0.2) is 96.0 Å². The Labute approximate surface area is 177 Å². The lowest BCUT2D eigenvalue weighted by Gasteiger charge is -2.13. The molecule has 2 N–H and O–H groups in total. The highest BCUT2D eigenvalue weighted by Gasteiger charge is 2.18. The molecule has 1 unspecified atom stereocenters. The Morgan fingerprint density at radius 1 is 0.733 bits per heavy atom. The average molecular weight is 406 g/mol. The predicted molar refractivity (Wildman–Crippen MR) is 130 cm³/mol. The van der Waals surface area contributed by atoms with Crippen molar-refractivity contribution in [1.82, 2.24) is 4.57 Å². The van der Waals surface area contributed by atoms with E-state index in [0.717, 1.165) is 16.6 Å². The third-order valence-electron chi connectivity index (χ3n) is 5.66. The lowest BCUT2D eigenvalue weighted by molar-refractivity contribution is 0.586. The van der Waals surface area contributed by atoms with E-state index < -0.39 is 6.29 Å². The van der Waals surface area contributed by atoms with Crippen LogP contribution in [0.2, 0.25) is 0 Å². The highest BCUT2D eigenvalue weighted by molar-refractivity contribution is 7.26. The van der Waals surface area contributed by atoms with Gasteiger partial charge in [0.1, 0.15) is 0 Å². The van der Waals surface area contributed by atoms with E-state index in [9.17, 15) is 0 Å². The van der Waals surface area contributed by atoms with Crippen LogP contribution in [-0.2, 0) is 0 Å². The Kier molecular flexibility index (Phi) is 3.94. The van der Waals surface area contributed by atoms with Crippen LogP contribution in [0, 0.1) is 0 Å². The van der Waals surface area contributed by atoms with Crippen molar-refractivity contribution in [2.24, 2.45) is 10.7 Å². The van der Waals surface area contributed by atoms with Crippen molar-refractivity contribution in [1.29, 1.82) is 0 Å². The van der Waals surface area contributed by atoms with Crippen molar-refractivity contribution in [2.45, 2.75) is 6.29 Å². The molecule has 0 amide bonds. The molecule has 30 heavy (non-hydrogen) atoms. The van der Waals surface area contributed by atoms with Crippen molar-refractivity contribution in [2.75, 3.05) is 0 Å². The molecule has 3 nitrogen and oxygen atoms in total. The highest BCUT2D eigenvalue weighted by atomic mass is 32.1. The number of hydrogen-bond donors (Lipinski definition) is 1. The second-order valence-corrected chi connectivity index (χ2v) is 8.48. The fourth-order valence-corrected chi connectivity index (χ4v) is 5.55. The van der Waals surface area contributed by atoms with Gasteiger partial charge < -0.3 is 4.57 Å². The van der Waals surface area contributed by atoms with E-state index in [1.807, 2.05) is 47.9 Å². The molecule has 0 saturated carbocycles. The monoisotopic (exact) mass is 405 g/mol. The Morgan fingerprint density at radius 3 is 2.30 bits per heavy atom. The first-order valence-electron chi connectivity index (χ1n) is 9.98. The van der Waals surface area contributed by atoms with Crippen molar-refractivity contribution >= 4 is 59.5 Å². The zero-order valence-corrected chi connectivity index (χ0v) is 17.0. The third-order valence-corrected chi connectivity index (χ3v) is 6.85. The van der Waals surface area contributed by atoms with Crippen LogP contribution >= 0.6 is 11.3 Å². The molecule has 4 heteroatoms. The van der Waals surface area contributed by atoms with Crippen LogP contribution in [-0.4, -0.2) is 10.8 Å². The number of rotatable bonds is 3. The van der Waals surface area contributed by atoms with Crippen LogP contribution in [0.3, 0.4) is 0 Å². The lowest BCUT2D eigenvalue weighted by Crippen LogP contribution is -2.16. The first-order chi connectivity index (χ1) is 14.8. The molecule has 0 bridgehead atoms. The minimum atomic E-state index is -0.511. The van der Waals surface area contributed by atoms with Crippen LogP contribution in [0.4, 0.5) is 0 Å². The van der Waals surface area contributed by atoms with E-state index in [-0.39, 0.29) is 0 Å². The Hall–Kier alpha value is -3.47. The summed E-state index contributed by atoms with van der Waals surface area (Å²) in [6, 6.07) is 31.6. The summed E-state index contributed by atoms with van der Waals surface area (Å²) in [4.78, 5) is 4.72. The molecule has 144 valence electrons. The molecule has 0 aliphatic rings. The molecule has 0 saturated heterocycles. The van der Waals surface area contributed by atoms with E-state index in [0.29, 0.717) is 0 Å². The summed E-state index contributed by atoms with van der Waals surface area (Å²) in [5.41, 5.74) is 9.98. The molecule has 0 fully saturated rings. The molecule has 6 rings (SSSR count). The molecule has 2 aromatic heterocycles. The Balaban J connectivity index is 1.67. The van der Waals surface area contributed by atoms with Gasteiger partial charge in [0.25, 0.3) is 0 Å². The van der Waals surface area contributed by atoms with E-state index in [2.05, 4.69) is 65.2 Å². The van der Waals surface area contributed by atoms with Gasteiger partial charge in [-0.15, -0.1) is 11.3 Å². The summed E-state index contributed by atoms with van der Waals surface area (Å²) >= 11 is 1.82. The molecule has 0 aliphatic heterocycles. The number of para-hydroxylation sites is 1. The van der Waals surface area contributed by atoms with Gasteiger partial charge in [-0.2, -0.15) is 0 Å². The molecule has 4 aromatic carbocycles. The fraction of sp³-hybridized carbons (Fsp3) is 0.0385. The number of thiophene rings is 1.